The molecule has 0 saturated heterocycles. The molecule has 0 aliphatic carbocycles. The monoisotopic (exact) mass is 157 g/mol. The molecular weight excluding hydrogens is 134 g/mol. The van der Waals surface area contributed by atoms with E-state index >= 15 is 0 Å². The summed E-state index contributed by atoms with van der Waals surface area (Å²) in [6, 6.07) is 0.597. The minimum absolute atomic E-state index is 0.597. The van der Waals surface area contributed by atoms with Crippen molar-refractivity contribution in [3.05, 3.63) is 11.6 Å². The van der Waals surface area contributed by atoms with Crippen molar-refractivity contribution in [2.24, 2.45) is 0 Å². The van der Waals surface area contributed by atoms with Crippen LogP contribution in [0.4, 0.5) is 0 Å². The lowest BCUT2D eigenvalue weighted by Crippen LogP contribution is -2.24. The molecule has 0 aromatic carbocycles. The third kappa shape index (κ3) is 12.8. The van der Waals surface area contributed by atoms with Crippen LogP contribution in [-0.2, 0) is 0 Å². The van der Waals surface area contributed by atoms with Crippen molar-refractivity contribution in [2.75, 3.05) is 6.54 Å². The van der Waals surface area contributed by atoms with Crippen molar-refractivity contribution in [2.45, 2.75) is 47.6 Å². The first-order valence-electron chi connectivity index (χ1n) is 4.52. The fourth-order valence-corrected chi connectivity index (χ4v) is 0.467. The van der Waals surface area contributed by atoms with Crippen molar-refractivity contribution in [1.82, 2.24) is 5.32 Å². The molecule has 0 radical (unpaired) electrons. The average molecular weight is 157 g/mol. The summed E-state index contributed by atoms with van der Waals surface area (Å²) in [7, 11) is 0. The highest BCUT2D eigenvalue weighted by Crippen LogP contribution is 1.88. The number of nitrogens with one attached hydrogen (secondary N) is 1. The molecule has 68 valence electrons. The van der Waals surface area contributed by atoms with Crippen LogP contribution in [0.1, 0.15) is 41.5 Å². The molecular formula is C10H23N. The van der Waals surface area contributed by atoms with Crippen LogP contribution in [-0.4, -0.2) is 12.6 Å². The molecule has 0 bridgehead atoms. The topological polar surface area (TPSA) is 12.0 Å². The summed E-state index contributed by atoms with van der Waals surface area (Å²) < 4.78 is 0. The molecule has 1 N–H and O–H groups in total. The maximum atomic E-state index is 3.33. The van der Waals surface area contributed by atoms with Crippen LogP contribution in [0.2, 0.25) is 0 Å². The Labute approximate surface area is 71.9 Å². The van der Waals surface area contributed by atoms with Gasteiger partial charge in [0, 0.05) is 12.6 Å². The Morgan fingerprint density at radius 2 is 1.82 bits per heavy atom. The van der Waals surface area contributed by atoms with Gasteiger partial charge in [-0.25, -0.2) is 0 Å². The molecule has 0 spiro atoms. The molecule has 0 aliphatic rings. The lowest BCUT2D eigenvalue weighted by molar-refractivity contribution is 0.621. The van der Waals surface area contributed by atoms with Gasteiger partial charge in [0.1, 0.15) is 0 Å². The van der Waals surface area contributed by atoms with Crippen molar-refractivity contribution in [3.63, 3.8) is 0 Å². The van der Waals surface area contributed by atoms with Crippen LogP contribution < -0.4 is 5.32 Å². The molecule has 11 heavy (non-hydrogen) atoms. The normalized spacial score (nSPS) is 11.0. The Bertz CT molecular complexity index is 93.0. The van der Waals surface area contributed by atoms with Crippen LogP contribution in [0.3, 0.4) is 0 Å². The van der Waals surface area contributed by atoms with Gasteiger partial charge in [0.2, 0.25) is 0 Å². The summed E-state index contributed by atoms with van der Waals surface area (Å²) in [6.07, 6.45) is 2.13. The van der Waals surface area contributed by atoms with Gasteiger partial charge < -0.3 is 5.32 Å². The van der Waals surface area contributed by atoms with Crippen molar-refractivity contribution < 1.29 is 0 Å². The van der Waals surface area contributed by atoms with E-state index in [2.05, 4.69) is 39.1 Å². The van der Waals surface area contributed by atoms with Crippen LogP contribution in [0.25, 0.3) is 0 Å². The van der Waals surface area contributed by atoms with Gasteiger partial charge in [0.25, 0.3) is 0 Å². The molecule has 0 aliphatic heterocycles. The van der Waals surface area contributed by atoms with Crippen LogP contribution in [0.5, 0.6) is 0 Å². The van der Waals surface area contributed by atoms with E-state index < -0.39 is 0 Å². The molecule has 1 nitrogen and oxygen atoms in total. The second kappa shape index (κ2) is 9.70. The van der Waals surface area contributed by atoms with Gasteiger partial charge in [-0.15, -0.1) is 0 Å². The minimum atomic E-state index is 0.597. The molecule has 0 fully saturated rings. The predicted molar refractivity (Wildman–Crippen MR) is 53.9 cm³/mol. The van der Waals surface area contributed by atoms with E-state index in [1.54, 1.807) is 0 Å². The Kier molecular flexibility index (Phi) is 11.7. The van der Waals surface area contributed by atoms with E-state index in [4.69, 9.17) is 0 Å². The Morgan fingerprint density at radius 1 is 1.36 bits per heavy atom. The summed E-state index contributed by atoms with van der Waals surface area (Å²) in [5.41, 5.74) is 1.41. The summed E-state index contributed by atoms with van der Waals surface area (Å²) in [6.45, 7) is 13.5. The second-order valence-corrected chi connectivity index (χ2v) is 2.67. The van der Waals surface area contributed by atoms with Crippen LogP contribution >= 0.6 is 0 Å². The maximum Gasteiger partial charge on any atom is 0.0164 e. The zero-order valence-corrected chi connectivity index (χ0v) is 8.86. The van der Waals surface area contributed by atoms with Crippen LogP contribution in [0.15, 0.2) is 11.6 Å². The summed E-state index contributed by atoms with van der Waals surface area (Å²) >= 11 is 0. The molecule has 0 aromatic rings. The highest BCUT2D eigenvalue weighted by atomic mass is 14.9. The van der Waals surface area contributed by atoms with Crippen molar-refractivity contribution in [3.8, 4) is 0 Å². The molecule has 0 aromatic heterocycles. The number of allylic oxidation sites excluding steroid dienone is 1. The van der Waals surface area contributed by atoms with Gasteiger partial charge in [-0.3, -0.25) is 0 Å². The third-order valence-electron chi connectivity index (χ3n) is 1.28. The Hall–Kier alpha value is -0.300. The molecule has 0 heterocycles. The quantitative estimate of drug-likeness (QED) is 0.621. The molecule has 0 unspecified atom stereocenters. The maximum absolute atomic E-state index is 3.33. The van der Waals surface area contributed by atoms with E-state index in [1.165, 1.54) is 5.57 Å². The van der Waals surface area contributed by atoms with Gasteiger partial charge in [0.15, 0.2) is 0 Å². The first-order chi connectivity index (χ1) is 5.16. The van der Waals surface area contributed by atoms with Crippen molar-refractivity contribution in [1.29, 1.82) is 0 Å². The highest BCUT2D eigenvalue weighted by molar-refractivity contribution is 4.97. The second-order valence-electron chi connectivity index (χ2n) is 2.67. The fraction of sp³-hybridized carbons (Fsp3) is 0.800. The van der Waals surface area contributed by atoms with Gasteiger partial charge in [-0.1, -0.05) is 39.3 Å². The zero-order chi connectivity index (χ0) is 9.28. The largest absolute Gasteiger partial charge is 0.311 e. The summed E-state index contributed by atoms with van der Waals surface area (Å²) in [4.78, 5) is 0. The first-order valence-corrected chi connectivity index (χ1v) is 4.52. The van der Waals surface area contributed by atoms with Gasteiger partial charge >= 0.3 is 0 Å². The number of rotatable bonds is 3. The van der Waals surface area contributed by atoms with Crippen molar-refractivity contribution >= 4 is 0 Å². The lowest BCUT2D eigenvalue weighted by Gasteiger charge is -2.06. The molecule has 0 atom stereocenters. The molecule has 0 rings (SSSR count). The Morgan fingerprint density at radius 3 is 2.09 bits per heavy atom. The van der Waals surface area contributed by atoms with E-state index in [1.807, 2.05) is 13.8 Å². The minimum Gasteiger partial charge on any atom is -0.311 e. The third-order valence-corrected chi connectivity index (χ3v) is 1.28. The van der Waals surface area contributed by atoms with Gasteiger partial charge in [-0.2, -0.15) is 0 Å². The standard InChI is InChI=1S/C8H17N.C2H6/c1-5-8(4)6-9-7(2)3;1-2/h5,7,9H,6H2,1-4H3;1-2H3/b8-5+;. The highest BCUT2D eigenvalue weighted by Gasteiger charge is 1.90. The number of hydrogen-bond acceptors (Lipinski definition) is 1. The molecule has 0 saturated carbocycles. The summed E-state index contributed by atoms with van der Waals surface area (Å²) in [5.74, 6) is 0. The fourth-order valence-electron chi connectivity index (χ4n) is 0.467. The van der Waals surface area contributed by atoms with E-state index in [9.17, 15) is 0 Å². The molecule has 0 amide bonds. The average Bonchev–Trinajstić information content (AvgIpc) is 2.04. The Balaban J connectivity index is 0. The van der Waals surface area contributed by atoms with Crippen LogP contribution in [0, 0.1) is 0 Å². The van der Waals surface area contributed by atoms with E-state index in [0.29, 0.717) is 6.04 Å². The first kappa shape index (κ1) is 13.3. The summed E-state index contributed by atoms with van der Waals surface area (Å²) in [5, 5.41) is 3.33. The lowest BCUT2D eigenvalue weighted by atomic mass is 10.3. The van der Waals surface area contributed by atoms with Gasteiger partial charge in [0.05, 0.1) is 0 Å². The smallest absolute Gasteiger partial charge is 0.0164 e. The zero-order valence-electron chi connectivity index (χ0n) is 8.86. The SMILES string of the molecule is C/C=C(\C)CNC(C)C.CC. The number of hydrogen-bond donors (Lipinski definition) is 1. The van der Waals surface area contributed by atoms with Gasteiger partial charge in [-0.05, 0) is 13.8 Å². The predicted octanol–water partition coefficient (Wildman–Crippen LogP) is 2.98. The van der Waals surface area contributed by atoms with E-state index in [-0.39, 0.29) is 0 Å². The molecule has 1 heteroatoms. The van der Waals surface area contributed by atoms with E-state index in [0.717, 1.165) is 6.54 Å².